The third kappa shape index (κ3) is 2.51. The average Bonchev–Trinajstić information content (AvgIpc) is 2.55. The van der Waals surface area contributed by atoms with Gasteiger partial charge in [-0.15, -0.1) is 0 Å². The molecule has 6 nitrogen and oxygen atoms in total. The van der Waals surface area contributed by atoms with E-state index in [0.717, 1.165) is 13.2 Å². The number of nitrogens with one attached hydrogen (secondary N) is 1. The fourth-order valence-corrected chi connectivity index (χ4v) is 0.507. The Morgan fingerprint density at radius 1 is 1.67 bits per heavy atom. The topological polar surface area (TPSA) is 103 Å². The first-order valence-corrected chi connectivity index (χ1v) is 2.92. The van der Waals surface area contributed by atoms with Crippen molar-refractivity contribution in [1.29, 1.82) is 0 Å². The van der Waals surface area contributed by atoms with Crippen LogP contribution in [-0.2, 0) is 0 Å². The molecular formula is C6H8N2O4. The summed E-state index contributed by atoms with van der Waals surface area (Å²) in [5, 5.41) is 20.9. The van der Waals surface area contributed by atoms with Crippen LogP contribution in [0.15, 0.2) is 6.07 Å². The molecule has 0 atom stereocenters. The smallest absolute Gasteiger partial charge is 0.356 e. The van der Waals surface area contributed by atoms with Gasteiger partial charge in [0.15, 0.2) is 12.0 Å². The normalized spacial score (nSPS) is 8.17. The molecule has 1 aromatic rings. The van der Waals surface area contributed by atoms with Crippen LogP contribution in [0.25, 0.3) is 0 Å². The van der Waals surface area contributed by atoms with Gasteiger partial charge in [-0.05, 0) is 0 Å². The Kier molecular flexibility index (Phi) is 4.32. The molecule has 0 aromatic carbocycles. The van der Waals surface area contributed by atoms with E-state index in [9.17, 15) is 9.59 Å². The van der Waals surface area contributed by atoms with Gasteiger partial charge in [-0.3, -0.25) is 9.89 Å². The Balaban J connectivity index is 0.000000561. The zero-order valence-electron chi connectivity index (χ0n) is 6.31. The fraction of sp³-hybridized carbons (Fsp3) is 0.167. The standard InChI is InChI=1S/C5H4N2O3.CH4O/c8-2-3-1-4(5(9)10)7-6-3;1-2/h1-2H,(H,6,7)(H,9,10);2H,1H3. The second-order valence-corrected chi connectivity index (χ2v) is 1.63. The monoisotopic (exact) mass is 172 g/mol. The number of aromatic nitrogens is 2. The van der Waals surface area contributed by atoms with Crippen LogP contribution in [0.4, 0.5) is 0 Å². The minimum absolute atomic E-state index is 0.151. The first-order chi connectivity index (χ1) is 5.74. The number of aliphatic hydroxyl groups excluding tert-OH is 1. The van der Waals surface area contributed by atoms with E-state index in [1.165, 1.54) is 0 Å². The van der Waals surface area contributed by atoms with Gasteiger partial charge in [0.1, 0.15) is 0 Å². The number of carbonyl (C=O) groups excluding carboxylic acids is 1. The molecule has 66 valence electrons. The van der Waals surface area contributed by atoms with E-state index >= 15 is 0 Å². The predicted molar refractivity (Wildman–Crippen MR) is 39.1 cm³/mol. The lowest BCUT2D eigenvalue weighted by molar-refractivity contribution is 0.0690. The lowest BCUT2D eigenvalue weighted by atomic mass is 10.4. The third-order valence-electron chi connectivity index (χ3n) is 0.944. The highest BCUT2D eigenvalue weighted by Crippen LogP contribution is 1.95. The van der Waals surface area contributed by atoms with Gasteiger partial charge < -0.3 is 10.2 Å². The quantitative estimate of drug-likeness (QED) is 0.523. The van der Waals surface area contributed by atoms with Crippen LogP contribution in [0.2, 0.25) is 0 Å². The lowest BCUT2D eigenvalue weighted by Crippen LogP contribution is -1.95. The van der Waals surface area contributed by atoms with Crippen molar-refractivity contribution >= 4 is 12.3 Å². The number of hydrogen-bond donors (Lipinski definition) is 3. The molecule has 0 saturated heterocycles. The van der Waals surface area contributed by atoms with Crippen LogP contribution in [0.3, 0.4) is 0 Å². The van der Waals surface area contributed by atoms with Crippen molar-refractivity contribution in [2.75, 3.05) is 7.11 Å². The predicted octanol–water partition coefficient (Wildman–Crippen LogP) is -0.471. The Bertz CT molecular complexity index is 268. The van der Waals surface area contributed by atoms with Gasteiger partial charge in [-0.1, -0.05) is 0 Å². The van der Waals surface area contributed by atoms with Crippen molar-refractivity contribution in [3.63, 3.8) is 0 Å². The van der Waals surface area contributed by atoms with Gasteiger partial charge >= 0.3 is 5.97 Å². The minimum Gasteiger partial charge on any atom is -0.476 e. The number of carboxylic acids is 1. The largest absolute Gasteiger partial charge is 0.476 e. The van der Waals surface area contributed by atoms with Gasteiger partial charge in [0.25, 0.3) is 0 Å². The highest BCUT2D eigenvalue weighted by atomic mass is 16.4. The number of aromatic carboxylic acids is 1. The van der Waals surface area contributed by atoms with Crippen LogP contribution < -0.4 is 0 Å². The Morgan fingerprint density at radius 3 is 2.50 bits per heavy atom. The van der Waals surface area contributed by atoms with Crippen LogP contribution in [0.5, 0.6) is 0 Å². The first kappa shape index (κ1) is 10.3. The summed E-state index contributed by atoms with van der Waals surface area (Å²) in [5.41, 5.74) is 0.0134. The summed E-state index contributed by atoms with van der Waals surface area (Å²) in [5.74, 6) is -1.15. The highest BCUT2D eigenvalue weighted by molar-refractivity contribution is 5.87. The van der Waals surface area contributed by atoms with Crippen LogP contribution in [0.1, 0.15) is 21.0 Å². The summed E-state index contributed by atoms with van der Waals surface area (Å²) in [7, 11) is 1.00. The molecule has 1 heterocycles. The van der Waals surface area contributed by atoms with E-state index in [2.05, 4.69) is 10.2 Å². The summed E-state index contributed by atoms with van der Waals surface area (Å²) in [6, 6.07) is 1.16. The Morgan fingerprint density at radius 2 is 2.25 bits per heavy atom. The molecule has 0 aliphatic rings. The van der Waals surface area contributed by atoms with Crippen LogP contribution >= 0.6 is 0 Å². The SMILES string of the molecule is CO.O=Cc1cc(C(=O)O)n[nH]1. The molecule has 3 N–H and O–H groups in total. The number of carboxylic acid groups (broad SMARTS) is 1. The van der Waals surface area contributed by atoms with Crippen LogP contribution in [0, 0.1) is 0 Å². The van der Waals surface area contributed by atoms with Gasteiger partial charge in [0.2, 0.25) is 0 Å². The number of nitrogens with zero attached hydrogens (tertiary/aromatic N) is 1. The number of hydrogen-bond acceptors (Lipinski definition) is 4. The van der Waals surface area contributed by atoms with Gasteiger partial charge in [0, 0.05) is 13.2 Å². The number of aliphatic hydroxyl groups is 1. The molecule has 0 amide bonds. The van der Waals surface area contributed by atoms with Crippen molar-refractivity contribution in [2.45, 2.75) is 0 Å². The molecule has 0 bridgehead atoms. The number of rotatable bonds is 2. The molecule has 1 aromatic heterocycles. The second kappa shape index (κ2) is 5.03. The molecule has 0 saturated carbocycles. The maximum Gasteiger partial charge on any atom is 0.356 e. The maximum atomic E-state index is 10.1. The van der Waals surface area contributed by atoms with E-state index < -0.39 is 5.97 Å². The molecule has 12 heavy (non-hydrogen) atoms. The zero-order valence-corrected chi connectivity index (χ0v) is 6.31. The van der Waals surface area contributed by atoms with E-state index in [-0.39, 0.29) is 11.4 Å². The van der Waals surface area contributed by atoms with E-state index in [1.54, 1.807) is 0 Å². The molecule has 0 unspecified atom stereocenters. The lowest BCUT2D eigenvalue weighted by Gasteiger charge is -1.77. The summed E-state index contributed by atoms with van der Waals surface area (Å²) >= 11 is 0. The van der Waals surface area contributed by atoms with E-state index in [0.29, 0.717) is 6.29 Å². The van der Waals surface area contributed by atoms with Gasteiger partial charge in [-0.25, -0.2) is 4.79 Å². The molecule has 1 rings (SSSR count). The van der Waals surface area contributed by atoms with Crippen molar-refractivity contribution in [3.05, 3.63) is 17.5 Å². The van der Waals surface area contributed by atoms with Gasteiger partial charge in [0.05, 0.1) is 5.69 Å². The first-order valence-electron chi connectivity index (χ1n) is 2.92. The van der Waals surface area contributed by atoms with Gasteiger partial charge in [-0.2, -0.15) is 5.10 Å². The number of carbonyl (C=O) groups is 2. The summed E-state index contributed by atoms with van der Waals surface area (Å²) in [4.78, 5) is 20.1. The third-order valence-corrected chi connectivity index (χ3v) is 0.944. The highest BCUT2D eigenvalue weighted by Gasteiger charge is 2.06. The van der Waals surface area contributed by atoms with Crippen LogP contribution in [-0.4, -0.2) is 39.8 Å². The second-order valence-electron chi connectivity index (χ2n) is 1.63. The summed E-state index contributed by atoms with van der Waals surface area (Å²) in [6.07, 6.45) is 0.499. The Hall–Kier alpha value is -1.69. The van der Waals surface area contributed by atoms with Crippen molar-refractivity contribution in [2.24, 2.45) is 0 Å². The molecule has 0 aliphatic carbocycles. The summed E-state index contributed by atoms with van der Waals surface area (Å²) in [6.45, 7) is 0. The number of H-pyrrole nitrogens is 1. The van der Waals surface area contributed by atoms with Crippen molar-refractivity contribution in [3.8, 4) is 0 Å². The van der Waals surface area contributed by atoms with E-state index in [1.807, 2.05) is 0 Å². The molecule has 6 heteroatoms. The van der Waals surface area contributed by atoms with Crippen molar-refractivity contribution in [1.82, 2.24) is 10.2 Å². The number of aromatic amines is 1. The fourth-order valence-electron chi connectivity index (χ4n) is 0.507. The Labute approximate surface area is 67.8 Å². The zero-order chi connectivity index (χ0) is 9.56. The molecular weight excluding hydrogens is 164 g/mol. The average molecular weight is 172 g/mol. The molecule has 0 spiro atoms. The van der Waals surface area contributed by atoms with Crippen molar-refractivity contribution < 1.29 is 19.8 Å². The molecule has 0 fully saturated rings. The molecule has 0 radical (unpaired) electrons. The maximum absolute atomic E-state index is 10.1. The minimum atomic E-state index is -1.15. The summed E-state index contributed by atoms with van der Waals surface area (Å²) < 4.78 is 0. The number of aldehydes is 1. The molecule has 0 aliphatic heterocycles. The van der Waals surface area contributed by atoms with E-state index in [4.69, 9.17) is 10.2 Å².